The zero-order chi connectivity index (χ0) is 21.1. The Balaban J connectivity index is 1.74. The molecule has 2 aromatic carbocycles. The second-order valence-electron chi connectivity index (χ2n) is 6.98. The number of aromatic hydroxyl groups is 1. The molecule has 3 N–H and O–H groups in total. The number of carbonyl (C=O) groups excluding carboxylic acids is 1. The van der Waals surface area contributed by atoms with Gasteiger partial charge in [-0.15, -0.1) is 0 Å². The van der Waals surface area contributed by atoms with Gasteiger partial charge in [-0.2, -0.15) is 0 Å². The minimum Gasteiger partial charge on any atom is -0.505 e. The highest BCUT2D eigenvalue weighted by molar-refractivity contribution is 6.04. The molecule has 0 radical (unpaired) electrons. The van der Waals surface area contributed by atoms with Crippen LogP contribution < -0.4 is 14.8 Å². The summed E-state index contributed by atoms with van der Waals surface area (Å²) in [5.41, 5.74) is -0.283. The smallest absolute Gasteiger partial charge is 0.322 e. The lowest BCUT2D eigenvalue weighted by Gasteiger charge is -2.26. The van der Waals surface area contributed by atoms with E-state index >= 15 is 0 Å². The number of aliphatic carboxylic acids is 1. The summed E-state index contributed by atoms with van der Waals surface area (Å²) in [5, 5.41) is 22.5. The number of hydrogen-bond donors (Lipinski definition) is 3. The van der Waals surface area contributed by atoms with E-state index in [1.54, 1.807) is 18.2 Å². The van der Waals surface area contributed by atoms with E-state index in [0.29, 0.717) is 22.3 Å². The zero-order valence-corrected chi connectivity index (χ0v) is 16.0. The van der Waals surface area contributed by atoms with Crippen LogP contribution in [0.15, 0.2) is 48.5 Å². The maximum Gasteiger partial charge on any atom is 0.322 e. The van der Waals surface area contributed by atoms with E-state index < -0.39 is 18.4 Å². The minimum atomic E-state index is -1.20. The van der Waals surface area contributed by atoms with Crippen LogP contribution in [-0.2, 0) is 4.79 Å². The maximum absolute atomic E-state index is 12.4. The Kier molecular flexibility index (Phi) is 5.38. The first-order valence-electron chi connectivity index (χ1n) is 9.57. The third kappa shape index (κ3) is 4.12. The molecular formula is C22H20N2O6. The van der Waals surface area contributed by atoms with Gasteiger partial charge in [-0.3, -0.25) is 9.59 Å². The van der Waals surface area contributed by atoms with Crippen molar-refractivity contribution in [3.8, 4) is 23.1 Å². The molecule has 1 aliphatic rings. The van der Waals surface area contributed by atoms with Gasteiger partial charge in [0.25, 0.3) is 5.91 Å². The fourth-order valence-electron chi connectivity index (χ4n) is 3.07. The number of nitrogens with zero attached hydrogens (tertiary/aromatic N) is 1. The van der Waals surface area contributed by atoms with Gasteiger partial charge in [0.15, 0.2) is 11.4 Å². The fraction of sp³-hybridized carbons (Fsp3) is 0.227. The number of carbonyl (C=O) groups is 2. The molecular weight excluding hydrogens is 388 g/mol. The first kappa shape index (κ1) is 19.5. The van der Waals surface area contributed by atoms with Gasteiger partial charge in [0.2, 0.25) is 5.88 Å². The SMILES string of the molecule is O=C(O)CNC(=O)c1nc(OC2CCC2)c2cc(Oc3ccccc3)ccc2c1O. The molecule has 154 valence electrons. The number of carboxylic acids is 1. The quantitative estimate of drug-likeness (QED) is 0.548. The molecule has 1 aliphatic carbocycles. The lowest BCUT2D eigenvalue weighted by molar-refractivity contribution is -0.135. The second kappa shape index (κ2) is 8.28. The highest BCUT2D eigenvalue weighted by Gasteiger charge is 2.25. The van der Waals surface area contributed by atoms with Crippen molar-refractivity contribution in [1.29, 1.82) is 0 Å². The fourth-order valence-corrected chi connectivity index (χ4v) is 3.07. The number of amides is 1. The molecule has 0 bridgehead atoms. The van der Waals surface area contributed by atoms with Crippen LogP contribution in [-0.4, -0.2) is 39.7 Å². The number of benzene rings is 2. The van der Waals surface area contributed by atoms with E-state index in [2.05, 4.69) is 10.3 Å². The highest BCUT2D eigenvalue weighted by Crippen LogP contribution is 2.38. The first-order chi connectivity index (χ1) is 14.5. The number of aromatic nitrogens is 1. The summed E-state index contributed by atoms with van der Waals surface area (Å²) in [7, 11) is 0. The van der Waals surface area contributed by atoms with Crippen LogP contribution in [0, 0.1) is 0 Å². The van der Waals surface area contributed by atoms with Crippen molar-refractivity contribution in [1.82, 2.24) is 10.3 Å². The van der Waals surface area contributed by atoms with Crippen LogP contribution in [0.5, 0.6) is 23.1 Å². The van der Waals surface area contributed by atoms with Crippen molar-refractivity contribution in [3.05, 3.63) is 54.2 Å². The van der Waals surface area contributed by atoms with Crippen LogP contribution >= 0.6 is 0 Å². The molecule has 0 atom stereocenters. The van der Waals surface area contributed by atoms with Crippen molar-refractivity contribution in [3.63, 3.8) is 0 Å². The van der Waals surface area contributed by atoms with E-state index in [4.69, 9.17) is 14.6 Å². The van der Waals surface area contributed by atoms with Crippen LogP contribution in [0.1, 0.15) is 29.8 Å². The Morgan fingerprint density at radius 2 is 1.83 bits per heavy atom. The molecule has 1 heterocycles. The molecule has 0 unspecified atom stereocenters. The van der Waals surface area contributed by atoms with Crippen molar-refractivity contribution in [2.24, 2.45) is 0 Å². The van der Waals surface area contributed by atoms with E-state index in [9.17, 15) is 14.7 Å². The standard InChI is InChI=1S/C22H20N2O6/c25-18(26)12-23-21(28)19-20(27)16-10-9-15(29-13-5-2-1-3-6-13)11-17(16)22(24-19)30-14-7-4-8-14/h1-3,5-6,9-11,14,27H,4,7-8,12H2,(H,23,28)(H,25,26). The lowest BCUT2D eigenvalue weighted by Crippen LogP contribution is -2.30. The zero-order valence-electron chi connectivity index (χ0n) is 16.0. The molecule has 4 rings (SSSR count). The lowest BCUT2D eigenvalue weighted by atomic mass is 9.96. The number of hydrogen-bond acceptors (Lipinski definition) is 6. The van der Waals surface area contributed by atoms with Gasteiger partial charge in [0.05, 0.1) is 5.39 Å². The number of fused-ring (bicyclic) bond motifs is 1. The van der Waals surface area contributed by atoms with Crippen molar-refractivity contribution >= 4 is 22.6 Å². The predicted molar refractivity (Wildman–Crippen MR) is 108 cm³/mol. The number of para-hydroxylation sites is 1. The van der Waals surface area contributed by atoms with Gasteiger partial charge >= 0.3 is 5.97 Å². The topological polar surface area (TPSA) is 118 Å². The third-order valence-corrected chi connectivity index (χ3v) is 4.84. The van der Waals surface area contributed by atoms with Gasteiger partial charge in [-0.05, 0) is 49.6 Å². The molecule has 8 heteroatoms. The highest BCUT2D eigenvalue weighted by atomic mass is 16.5. The van der Waals surface area contributed by atoms with Gasteiger partial charge in [0.1, 0.15) is 24.1 Å². The summed E-state index contributed by atoms with van der Waals surface area (Å²) >= 11 is 0. The summed E-state index contributed by atoms with van der Waals surface area (Å²) in [6.07, 6.45) is 2.80. The predicted octanol–water partition coefficient (Wildman–Crippen LogP) is 3.48. The Bertz CT molecular complexity index is 1100. The van der Waals surface area contributed by atoms with Gasteiger partial charge in [-0.1, -0.05) is 18.2 Å². The minimum absolute atomic E-state index is 0.0149. The summed E-state index contributed by atoms with van der Waals surface area (Å²) < 4.78 is 11.8. The van der Waals surface area contributed by atoms with Crippen LogP contribution in [0.4, 0.5) is 0 Å². The number of pyridine rings is 1. The Hall–Kier alpha value is -3.81. The van der Waals surface area contributed by atoms with E-state index in [-0.39, 0.29) is 23.4 Å². The Morgan fingerprint density at radius 3 is 2.50 bits per heavy atom. The number of rotatable bonds is 7. The summed E-state index contributed by atoms with van der Waals surface area (Å²) in [5.74, 6) is -0.958. The van der Waals surface area contributed by atoms with Crippen molar-refractivity contribution < 1.29 is 29.3 Å². The molecule has 1 amide bonds. The van der Waals surface area contributed by atoms with E-state index in [1.807, 2.05) is 30.3 Å². The molecule has 1 aromatic heterocycles. The Morgan fingerprint density at radius 1 is 1.07 bits per heavy atom. The molecule has 30 heavy (non-hydrogen) atoms. The van der Waals surface area contributed by atoms with Gasteiger partial charge in [0, 0.05) is 5.39 Å². The largest absolute Gasteiger partial charge is 0.505 e. The molecule has 8 nitrogen and oxygen atoms in total. The monoisotopic (exact) mass is 408 g/mol. The molecule has 0 spiro atoms. The normalized spacial score (nSPS) is 13.5. The summed E-state index contributed by atoms with van der Waals surface area (Å²) in [6.45, 7) is -0.583. The molecule has 3 aromatic rings. The van der Waals surface area contributed by atoms with E-state index in [0.717, 1.165) is 19.3 Å². The Labute approximate surface area is 172 Å². The second-order valence-corrected chi connectivity index (χ2v) is 6.98. The first-order valence-corrected chi connectivity index (χ1v) is 9.57. The number of carboxylic acid groups (broad SMARTS) is 1. The molecule has 0 saturated heterocycles. The summed E-state index contributed by atoms with van der Waals surface area (Å²) in [6, 6.07) is 14.2. The van der Waals surface area contributed by atoms with Crippen molar-refractivity contribution in [2.45, 2.75) is 25.4 Å². The van der Waals surface area contributed by atoms with Crippen LogP contribution in [0.25, 0.3) is 10.8 Å². The molecule has 1 saturated carbocycles. The van der Waals surface area contributed by atoms with Crippen LogP contribution in [0.3, 0.4) is 0 Å². The molecule has 0 aliphatic heterocycles. The summed E-state index contributed by atoms with van der Waals surface area (Å²) in [4.78, 5) is 27.3. The van der Waals surface area contributed by atoms with E-state index in [1.165, 1.54) is 0 Å². The van der Waals surface area contributed by atoms with Crippen molar-refractivity contribution in [2.75, 3.05) is 6.54 Å². The van der Waals surface area contributed by atoms with Crippen LogP contribution in [0.2, 0.25) is 0 Å². The van der Waals surface area contributed by atoms with Gasteiger partial charge < -0.3 is 25.0 Å². The molecule has 1 fully saturated rings. The van der Waals surface area contributed by atoms with Gasteiger partial charge in [-0.25, -0.2) is 4.98 Å². The average Bonchev–Trinajstić information content (AvgIpc) is 2.71. The maximum atomic E-state index is 12.4. The number of ether oxygens (including phenoxy) is 2. The third-order valence-electron chi connectivity index (χ3n) is 4.84. The average molecular weight is 408 g/mol. The number of nitrogens with one attached hydrogen (secondary N) is 1.